The van der Waals surface area contributed by atoms with Crippen molar-refractivity contribution >= 4 is 11.5 Å². The number of halogens is 2. The second-order valence-corrected chi connectivity index (χ2v) is 7.06. The fourth-order valence-corrected chi connectivity index (χ4v) is 3.56. The highest BCUT2D eigenvalue weighted by atomic mass is 19.1. The third-order valence-electron chi connectivity index (χ3n) is 5.09. The van der Waals surface area contributed by atoms with Crippen LogP contribution in [0, 0.1) is 11.6 Å². The molecule has 8 heteroatoms. The molecule has 0 saturated carbocycles. The Morgan fingerprint density at radius 2 is 1.86 bits per heavy atom. The first-order chi connectivity index (χ1) is 14.0. The molecule has 4 rings (SSSR count). The topological polar surface area (TPSA) is 81.6 Å². The largest absolute Gasteiger partial charge is 0.435 e. The summed E-state index contributed by atoms with van der Waals surface area (Å²) in [5.74, 6) is -2.58. The summed E-state index contributed by atoms with van der Waals surface area (Å²) in [7, 11) is 0. The van der Waals surface area contributed by atoms with E-state index in [4.69, 9.17) is 14.9 Å². The number of hydrogen-bond donors (Lipinski definition) is 1. The molecule has 1 saturated heterocycles. The molecule has 2 aromatic rings. The van der Waals surface area contributed by atoms with Gasteiger partial charge in [0, 0.05) is 19.6 Å². The van der Waals surface area contributed by atoms with E-state index in [1.54, 1.807) is 0 Å². The molecule has 2 N–H and O–H groups in total. The first-order valence-electron chi connectivity index (χ1n) is 9.47. The number of oxazole rings is 1. The summed E-state index contributed by atoms with van der Waals surface area (Å²) in [6, 6.07) is 3.46. The summed E-state index contributed by atoms with van der Waals surface area (Å²) in [5.41, 5.74) is 6.87. The molecule has 1 aromatic heterocycles. The summed E-state index contributed by atoms with van der Waals surface area (Å²) in [5, 5.41) is 0. The maximum absolute atomic E-state index is 14.1. The van der Waals surface area contributed by atoms with E-state index >= 15 is 0 Å². The first-order valence-corrected chi connectivity index (χ1v) is 9.47. The number of allylic oxidation sites excluding steroid dienone is 3. The monoisotopic (exact) mass is 401 g/mol. The summed E-state index contributed by atoms with van der Waals surface area (Å²) in [4.78, 5) is 18.2. The number of amides is 1. The second kappa shape index (κ2) is 8.26. The molecule has 1 amide bonds. The van der Waals surface area contributed by atoms with Gasteiger partial charge in [0.05, 0.1) is 13.2 Å². The standard InChI is InChI=1S/C21H21F2N3O3/c22-15-2-1-3-16(23)17(15)21-25-18(20(24)27)19(29-21)14-6-4-13(5-7-14)12-26-8-10-28-11-9-26/h1-4,6H,5,7-12H2,(H2,24,27). The van der Waals surface area contributed by atoms with Crippen LogP contribution >= 0.6 is 0 Å². The SMILES string of the molecule is NC(=O)c1nc(-c2c(F)cccc2F)oc1C1=CC=C(CN2CCOCC2)CC1. The van der Waals surface area contributed by atoms with Crippen molar-refractivity contribution in [3.8, 4) is 11.5 Å². The van der Waals surface area contributed by atoms with Crippen LogP contribution < -0.4 is 5.73 Å². The third kappa shape index (κ3) is 4.13. The third-order valence-corrected chi connectivity index (χ3v) is 5.09. The Labute approximate surface area is 166 Å². The van der Waals surface area contributed by atoms with Gasteiger partial charge >= 0.3 is 0 Å². The number of ether oxygens (including phenoxy) is 1. The van der Waals surface area contributed by atoms with Crippen LogP contribution in [-0.4, -0.2) is 48.6 Å². The predicted octanol–water partition coefficient (Wildman–Crippen LogP) is 3.15. The van der Waals surface area contributed by atoms with Crippen molar-refractivity contribution in [3.05, 3.63) is 59.0 Å². The van der Waals surface area contributed by atoms with Gasteiger partial charge in [-0.15, -0.1) is 0 Å². The van der Waals surface area contributed by atoms with Crippen molar-refractivity contribution in [2.24, 2.45) is 5.73 Å². The Hall–Kier alpha value is -2.84. The number of carbonyl (C=O) groups excluding carboxylic acids is 1. The fourth-order valence-electron chi connectivity index (χ4n) is 3.56. The smallest absolute Gasteiger partial charge is 0.271 e. The maximum atomic E-state index is 14.1. The number of hydrogen-bond acceptors (Lipinski definition) is 5. The Bertz CT molecular complexity index is 971. The van der Waals surface area contributed by atoms with Crippen LogP contribution in [0.5, 0.6) is 0 Å². The van der Waals surface area contributed by atoms with Crippen LogP contribution in [0.15, 0.2) is 40.3 Å². The van der Waals surface area contributed by atoms with E-state index in [0.29, 0.717) is 6.42 Å². The molecule has 2 heterocycles. The van der Waals surface area contributed by atoms with E-state index < -0.39 is 23.1 Å². The Kier molecular flexibility index (Phi) is 5.55. The highest BCUT2D eigenvalue weighted by Gasteiger charge is 2.26. The molecule has 152 valence electrons. The number of aromatic nitrogens is 1. The Morgan fingerprint density at radius 1 is 1.14 bits per heavy atom. The van der Waals surface area contributed by atoms with Gasteiger partial charge in [-0.05, 0) is 30.5 Å². The summed E-state index contributed by atoms with van der Waals surface area (Å²) < 4.78 is 39.2. The van der Waals surface area contributed by atoms with Gasteiger partial charge in [-0.3, -0.25) is 9.69 Å². The molecule has 1 aromatic carbocycles. The molecule has 0 spiro atoms. The minimum atomic E-state index is -0.820. The van der Waals surface area contributed by atoms with Gasteiger partial charge < -0.3 is 14.9 Å². The molecular weight excluding hydrogens is 380 g/mol. The van der Waals surface area contributed by atoms with Crippen molar-refractivity contribution in [1.82, 2.24) is 9.88 Å². The number of primary amides is 1. The number of nitrogens with two attached hydrogens (primary N) is 1. The lowest BCUT2D eigenvalue weighted by Crippen LogP contribution is -2.37. The number of nitrogens with zero attached hydrogens (tertiary/aromatic N) is 2. The number of morpholine rings is 1. The van der Waals surface area contributed by atoms with Crippen molar-refractivity contribution in [2.45, 2.75) is 12.8 Å². The Balaban J connectivity index is 1.63. The van der Waals surface area contributed by atoms with Gasteiger partial charge in [0.25, 0.3) is 5.91 Å². The average Bonchev–Trinajstić information content (AvgIpc) is 3.14. The lowest BCUT2D eigenvalue weighted by atomic mass is 9.95. The van der Waals surface area contributed by atoms with Crippen molar-refractivity contribution in [1.29, 1.82) is 0 Å². The van der Waals surface area contributed by atoms with E-state index in [0.717, 1.165) is 57.0 Å². The van der Waals surface area contributed by atoms with Gasteiger partial charge in [0.2, 0.25) is 5.89 Å². The number of carbonyl (C=O) groups is 1. The molecule has 1 aliphatic carbocycles. The van der Waals surface area contributed by atoms with E-state index in [1.165, 1.54) is 11.6 Å². The second-order valence-electron chi connectivity index (χ2n) is 7.06. The normalized spacial score (nSPS) is 17.7. The fraction of sp³-hybridized carbons (Fsp3) is 0.333. The highest BCUT2D eigenvalue weighted by Crippen LogP contribution is 2.34. The summed E-state index contributed by atoms with van der Waals surface area (Å²) in [6.07, 6.45) is 5.25. The lowest BCUT2D eigenvalue weighted by molar-refractivity contribution is 0.0419. The quantitative estimate of drug-likeness (QED) is 0.832. The lowest BCUT2D eigenvalue weighted by Gasteiger charge is -2.28. The van der Waals surface area contributed by atoms with Crippen LogP contribution in [0.1, 0.15) is 29.1 Å². The summed E-state index contributed by atoms with van der Waals surface area (Å²) >= 11 is 0. The summed E-state index contributed by atoms with van der Waals surface area (Å²) in [6.45, 7) is 4.14. The molecule has 1 fully saturated rings. The van der Waals surface area contributed by atoms with E-state index in [-0.39, 0.29) is 17.3 Å². The first kappa shape index (κ1) is 19.5. The molecule has 1 aliphatic heterocycles. The van der Waals surface area contributed by atoms with Crippen LogP contribution in [0.4, 0.5) is 8.78 Å². The van der Waals surface area contributed by atoms with Crippen molar-refractivity contribution in [2.75, 3.05) is 32.8 Å². The molecule has 2 aliphatic rings. The highest BCUT2D eigenvalue weighted by molar-refractivity contribution is 5.96. The molecule has 29 heavy (non-hydrogen) atoms. The van der Waals surface area contributed by atoms with Crippen LogP contribution in [0.3, 0.4) is 0 Å². The molecule has 0 atom stereocenters. The zero-order valence-corrected chi connectivity index (χ0v) is 15.8. The number of benzene rings is 1. The van der Waals surface area contributed by atoms with Gasteiger partial charge in [-0.25, -0.2) is 13.8 Å². The maximum Gasteiger partial charge on any atom is 0.271 e. The van der Waals surface area contributed by atoms with Crippen LogP contribution in [-0.2, 0) is 4.74 Å². The van der Waals surface area contributed by atoms with Gasteiger partial charge in [0.1, 0.15) is 17.2 Å². The molecule has 0 unspecified atom stereocenters. The molecule has 0 radical (unpaired) electrons. The van der Waals surface area contributed by atoms with Crippen LogP contribution in [0.2, 0.25) is 0 Å². The number of rotatable bonds is 5. The van der Waals surface area contributed by atoms with Crippen molar-refractivity contribution in [3.63, 3.8) is 0 Å². The van der Waals surface area contributed by atoms with Gasteiger partial charge in [0.15, 0.2) is 11.5 Å². The zero-order valence-electron chi connectivity index (χ0n) is 15.8. The van der Waals surface area contributed by atoms with Crippen molar-refractivity contribution < 1.29 is 22.7 Å². The predicted molar refractivity (Wildman–Crippen MR) is 103 cm³/mol. The van der Waals surface area contributed by atoms with Gasteiger partial charge in [-0.2, -0.15) is 0 Å². The van der Waals surface area contributed by atoms with E-state index in [2.05, 4.69) is 9.88 Å². The molecule has 0 bridgehead atoms. The zero-order chi connectivity index (χ0) is 20.4. The van der Waals surface area contributed by atoms with Crippen LogP contribution in [0.25, 0.3) is 17.0 Å². The Morgan fingerprint density at radius 3 is 2.48 bits per heavy atom. The average molecular weight is 401 g/mol. The van der Waals surface area contributed by atoms with E-state index in [1.807, 2.05) is 12.2 Å². The van der Waals surface area contributed by atoms with Gasteiger partial charge in [-0.1, -0.05) is 23.8 Å². The molecule has 6 nitrogen and oxygen atoms in total. The minimum absolute atomic E-state index is 0.126. The minimum Gasteiger partial charge on any atom is -0.435 e. The van der Waals surface area contributed by atoms with E-state index in [9.17, 15) is 13.6 Å². The molecular formula is C21H21F2N3O3.